The zero-order valence-electron chi connectivity index (χ0n) is 12.6. The Labute approximate surface area is 124 Å². The van der Waals surface area contributed by atoms with Gasteiger partial charge in [-0.3, -0.25) is 14.4 Å². The summed E-state index contributed by atoms with van der Waals surface area (Å²) in [5.41, 5.74) is -0.141. The van der Waals surface area contributed by atoms with E-state index in [9.17, 15) is 14.4 Å². The molecule has 0 bridgehead atoms. The fourth-order valence-corrected chi connectivity index (χ4v) is 1.94. The van der Waals surface area contributed by atoms with Crippen molar-refractivity contribution in [2.75, 3.05) is 19.7 Å². The van der Waals surface area contributed by atoms with Crippen molar-refractivity contribution in [1.82, 2.24) is 9.47 Å². The van der Waals surface area contributed by atoms with Crippen LogP contribution < -0.4 is 5.56 Å². The molecule has 0 unspecified atom stereocenters. The molecule has 0 aliphatic carbocycles. The summed E-state index contributed by atoms with van der Waals surface area (Å²) >= 11 is 0. The van der Waals surface area contributed by atoms with Crippen LogP contribution in [0.3, 0.4) is 0 Å². The number of hydrogen-bond donors (Lipinski definition) is 0. The zero-order valence-corrected chi connectivity index (χ0v) is 12.6. The Hall–Kier alpha value is -2.11. The van der Waals surface area contributed by atoms with Crippen molar-refractivity contribution in [2.45, 2.75) is 33.2 Å². The molecule has 116 valence electrons. The third-order valence-corrected chi connectivity index (χ3v) is 2.94. The molecular weight excluding hydrogens is 272 g/mol. The fraction of sp³-hybridized carbons (Fsp3) is 0.533. The van der Waals surface area contributed by atoms with E-state index in [2.05, 4.69) is 0 Å². The second kappa shape index (κ2) is 8.94. The maximum atomic E-state index is 12.2. The highest BCUT2D eigenvalue weighted by atomic mass is 16.5. The lowest BCUT2D eigenvalue weighted by Gasteiger charge is -2.21. The van der Waals surface area contributed by atoms with Crippen LogP contribution in [0.1, 0.15) is 26.7 Å². The van der Waals surface area contributed by atoms with Gasteiger partial charge >= 0.3 is 5.97 Å². The van der Waals surface area contributed by atoms with Crippen molar-refractivity contribution in [3.63, 3.8) is 0 Å². The van der Waals surface area contributed by atoms with Crippen LogP contribution in [-0.2, 0) is 20.9 Å². The molecule has 0 spiro atoms. The number of ether oxygens (including phenoxy) is 1. The van der Waals surface area contributed by atoms with Gasteiger partial charge in [-0.25, -0.2) is 0 Å². The zero-order chi connectivity index (χ0) is 15.7. The van der Waals surface area contributed by atoms with Crippen LogP contribution in [0.15, 0.2) is 29.2 Å². The number of aromatic nitrogens is 1. The first-order valence-electron chi connectivity index (χ1n) is 7.17. The van der Waals surface area contributed by atoms with Gasteiger partial charge in [0, 0.05) is 31.8 Å². The SMILES string of the molecule is CCCN(CC(=O)OCC)C(=O)CCn1ccccc1=O. The lowest BCUT2D eigenvalue weighted by Crippen LogP contribution is -2.37. The Morgan fingerprint density at radius 3 is 2.67 bits per heavy atom. The molecule has 0 aromatic carbocycles. The average Bonchev–Trinajstić information content (AvgIpc) is 2.46. The fourth-order valence-electron chi connectivity index (χ4n) is 1.94. The standard InChI is InChI=1S/C15H22N2O4/c1-3-9-17(12-15(20)21-4-2)14(19)8-11-16-10-6-5-7-13(16)18/h5-7,10H,3-4,8-9,11-12H2,1-2H3. The molecule has 0 radical (unpaired) electrons. The number of esters is 1. The maximum Gasteiger partial charge on any atom is 0.325 e. The molecule has 1 amide bonds. The van der Waals surface area contributed by atoms with E-state index in [1.165, 1.54) is 15.5 Å². The predicted molar refractivity (Wildman–Crippen MR) is 78.8 cm³/mol. The first-order valence-corrected chi connectivity index (χ1v) is 7.17. The normalized spacial score (nSPS) is 10.2. The predicted octanol–water partition coefficient (Wildman–Crippen LogP) is 1.04. The number of rotatable bonds is 8. The molecule has 21 heavy (non-hydrogen) atoms. The summed E-state index contributed by atoms with van der Waals surface area (Å²) < 4.78 is 6.34. The van der Waals surface area contributed by atoms with Crippen molar-refractivity contribution in [3.8, 4) is 0 Å². The average molecular weight is 294 g/mol. The molecule has 0 atom stereocenters. The van der Waals surface area contributed by atoms with Crippen molar-refractivity contribution < 1.29 is 14.3 Å². The number of pyridine rings is 1. The minimum absolute atomic E-state index is 0.0375. The van der Waals surface area contributed by atoms with E-state index < -0.39 is 5.97 Å². The number of carbonyl (C=O) groups is 2. The van der Waals surface area contributed by atoms with Crippen LogP contribution in [0.5, 0.6) is 0 Å². The van der Waals surface area contributed by atoms with Crippen LogP contribution in [-0.4, -0.2) is 41.0 Å². The Bertz CT molecular complexity index is 524. The smallest absolute Gasteiger partial charge is 0.325 e. The Morgan fingerprint density at radius 1 is 1.29 bits per heavy atom. The summed E-state index contributed by atoms with van der Waals surface area (Å²) in [6.45, 7) is 4.73. The van der Waals surface area contributed by atoms with E-state index in [0.717, 1.165) is 6.42 Å². The third kappa shape index (κ3) is 5.81. The van der Waals surface area contributed by atoms with Gasteiger partial charge in [-0.15, -0.1) is 0 Å². The summed E-state index contributed by atoms with van der Waals surface area (Å²) in [7, 11) is 0. The highest BCUT2D eigenvalue weighted by Gasteiger charge is 2.17. The largest absolute Gasteiger partial charge is 0.465 e. The van der Waals surface area contributed by atoms with Gasteiger partial charge in [-0.1, -0.05) is 13.0 Å². The van der Waals surface area contributed by atoms with Crippen LogP contribution in [0.25, 0.3) is 0 Å². The molecule has 0 saturated carbocycles. The first-order chi connectivity index (χ1) is 10.1. The van der Waals surface area contributed by atoms with Crippen molar-refractivity contribution in [1.29, 1.82) is 0 Å². The van der Waals surface area contributed by atoms with Crippen LogP contribution in [0.4, 0.5) is 0 Å². The molecule has 0 fully saturated rings. The Kier molecular flexibility index (Phi) is 7.21. The quantitative estimate of drug-likeness (QED) is 0.672. The summed E-state index contributed by atoms with van der Waals surface area (Å²) in [4.78, 5) is 36.7. The molecule has 1 aromatic heterocycles. The second-order valence-electron chi connectivity index (χ2n) is 4.60. The molecule has 0 aliphatic rings. The van der Waals surface area contributed by atoms with E-state index >= 15 is 0 Å². The molecule has 0 aliphatic heterocycles. The second-order valence-corrected chi connectivity index (χ2v) is 4.60. The van der Waals surface area contributed by atoms with Gasteiger partial charge in [-0.2, -0.15) is 0 Å². The molecular formula is C15H22N2O4. The first kappa shape index (κ1) is 16.9. The number of amides is 1. The minimum Gasteiger partial charge on any atom is -0.465 e. The number of aryl methyl sites for hydroxylation is 1. The molecule has 0 N–H and O–H groups in total. The van der Waals surface area contributed by atoms with Crippen molar-refractivity contribution in [2.24, 2.45) is 0 Å². The van der Waals surface area contributed by atoms with E-state index in [1.54, 1.807) is 25.3 Å². The van der Waals surface area contributed by atoms with Crippen LogP contribution in [0, 0.1) is 0 Å². The van der Waals surface area contributed by atoms with Gasteiger partial charge in [0.25, 0.3) is 5.56 Å². The summed E-state index contributed by atoms with van der Waals surface area (Å²) in [5.74, 6) is -0.558. The van der Waals surface area contributed by atoms with E-state index in [0.29, 0.717) is 19.7 Å². The molecule has 0 saturated heterocycles. The Balaban J connectivity index is 2.58. The maximum absolute atomic E-state index is 12.2. The monoisotopic (exact) mass is 294 g/mol. The van der Waals surface area contributed by atoms with Gasteiger partial charge in [0.05, 0.1) is 6.61 Å². The highest BCUT2D eigenvalue weighted by Crippen LogP contribution is 2.00. The van der Waals surface area contributed by atoms with Crippen LogP contribution >= 0.6 is 0 Å². The summed E-state index contributed by atoms with van der Waals surface area (Å²) in [6, 6.07) is 4.85. The summed E-state index contributed by atoms with van der Waals surface area (Å²) in [6.07, 6.45) is 2.59. The van der Waals surface area contributed by atoms with Crippen LogP contribution in [0.2, 0.25) is 0 Å². The molecule has 1 rings (SSSR count). The number of hydrogen-bond acceptors (Lipinski definition) is 4. The molecule has 1 heterocycles. The van der Waals surface area contributed by atoms with E-state index in [-0.39, 0.29) is 24.4 Å². The molecule has 6 nitrogen and oxygen atoms in total. The molecule has 6 heteroatoms. The third-order valence-electron chi connectivity index (χ3n) is 2.94. The van der Waals surface area contributed by atoms with Gasteiger partial charge in [-0.05, 0) is 19.4 Å². The topological polar surface area (TPSA) is 68.6 Å². The van der Waals surface area contributed by atoms with Crippen molar-refractivity contribution in [3.05, 3.63) is 34.7 Å². The lowest BCUT2D eigenvalue weighted by atomic mass is 10.3. The summed E-state index contributed by atoms with van der Waals surface area (Å²) in [5, 5.41) is 0. The Morgan fingerprint density at radius 2 is 2.05 bits per heavy atom. The number of nitrogens with zero attached hydrogens (tertiary/aromatic N) is 2. The highest BCUT2D eigenvalue weighted by molar-refractivity contribution is 5.82. The molecule has 1 aromatic rings. The minimum atomic E-state index is -0.406. The van der Waals surface area contributed by atoms with Crippen molar-refractivity contribution >= 4 is 11.9 Å². The van der Waals surface area contributed by atoms with Gasteiger partial charge in [0.15, 0.2) is 0 Å². The van der Waals surface area contributed by atoms with E-state index in [4.69, 9.17) is 4.74 Å². The van der Waals surface area contributed by atoms with E-state index in [1.807, 2.05) is 6.92 Å². The van der Waals surface area contributed by atoms with Gasteiger partial charge < -0.3 is 14.2 Å². The lowest BCUT2D eigenvalue weighted by molar-refractivity contribution is -0.149. The number of carbonyl (C=O) groups excluding carboxylic acids is 2. The van der Waals surface area contributed by atoms with Gasteiger partial charge in [0.1, 0.15) is 6.54 Å². The van der Waals surface area contributed by atoms with Gasteiger partial charge in [0.2, 0.25) is 5.91 Å².